The zero-order chi connectivity index (χ0) is 13.7. The van der Waals surface area contributed by atoms with Crippen molar-refractivity contribution in [3.63, 3.8) is 0 Å². The fourth-order valence-electron chi connectivity index (χ4n) is 2.50. The third-order valence-electron chi connectivity index (χ3n) is 3.39. The second-order valence-electron chi connectivity index (χ2n) is 4.86. The Bertz CT molecular complexity index is 555. The van der Waals surface area contributed by atoms with Crippen LogP contribution in [0.1, 0.15) is 38.2 Å². The number of benzene rings is 2. The van der Waals surface area contributed by atoms with Crippen molar-refractivity contribution in [2.75, 3.05) is 6.61 Å². The summed E-state index contributed by atoms with van der Waals surface area (Å²) in [6.07, 6.45) is 2.11. The lowest BCUT2D eigenvalue weighted by molar-refractivity contribution is -0.141. The molecule has 19 heavy (non-hydrogen) atoms. The first-order valence-electron chi connectivity index (χ1n) is 6.83. The van der Waals surface area contributed by atoms with Gasteiger partial charge in [-0.1, -0.05) is 55.8 Å². The number of esters is 1. The van der Waals surface area contributed by atoms with Crippen LogP contribution < -0.4 is 0 Å². The van der Waals surface area contributed by atoms with Crippen LogP contribution in [0.3, 0.4) is 0 Å². The molecule has 2 aromatic carbocycles. The summed E-state index contributed by atoms with van der Waals surface area (Å²) in [4.78, 5) is 11.0. The number of hydrogen-bond acceptors (Lipinski definition) is 2. The third-order valence-corrected chi connectivity index (χ3v) is 3.39. The highest BCUT2D eigenvalue weighted by Crippen LogP contribution is 2.29. The maximum Gasteiger partial charge on any atom is 0.302 e. The molecule has 1 atom stereocenters. The molecule has 0 aliphatic carbocycles. The Labute approximate surface area is 114 Å². The summed E-state index contributed by atoms with van der Waals surface area (Å²) < 4.78 is 5.22. The van der Waals surface area contributed by atoms with Crippen molar-refractivity contribution in [2.45, 2.75) is 32.6 Å². The number of ether oxygens (including phenoxy) is 1. The van der Waals surface area contributed by atoms with Crippen molar-refractivity contribution in [3.05, 3.63) is 48.0 Å². The van der Waals surface area contributed by atoms with E-state index in [-0.39, 0.29) is 11.9 Å². The third kappa shape index (κ3) is 3.34. The average molecular weight is 256 g/mol. The molecule has 2 rings (SSSR count). The molecule has 2 aromatic rings. The first-order chi connectivity index (χ1) is 9.22. The van der Waals surface area contributed by atoms with Crippen LogP contribution in [0.25, 0.3) is 10.8 Å². The minimum absolute atomic E-state index is 0.207. The van der Waals surface area contributed by atoms with Gasteiger partial charge in [0.15, 0.2) is 0 Å². The largest absolute Gasteiger partial charge is 0.465 e. The number of carbonyl (C=O) groups is 1. The van der Waals surface area contributed by atoms with Crippen molar-refractivity contribution in [3.8, 4) is 0 Å². The molecule has 0 bridgehead atoms. The van der Waals surface area contributed by atoms with Crippen LogP contribution in [-0.2, 0) is 9.53 Å². The lowest BCUT2D eigenvalue weighted by Gasteiger charge is -2.18. The van der Waals surface area contributed by atoms with Gasteiger partial charge in [0.25, 0.3) is 0 Å². The number of carbonyl (C=O) groups excluding carboxylic acids is 1. The second-order valence-corrected chi connectivity index (χ2v) is 4.86. The van der Waals surface area contributed by atoms with Crippen LogP contribution in [0.2, 0.25) is 0 Å². The first kappa shape index (κ1) is 13.6. The topological polar surface area (TPSA) is 26.3 Å². The van der Waals surface area contributed by atoms with Crippen molar-refractivity contribution in [1.29, 1.82) is 0 Å². The number of rotatable bonds is 5. The van der Waals surface area contributed by atoms with Crippen molar-refractivity contribution >= 4 is 16.7 Å². The summed E-state index contributed by atoms with van der Waals surface area (Å²) >= 11 is 0. The van der Waals surface area contributed by atoms with Gasteiger partial charge in [0.05, 0.1) is 6.61 Å². The van der Waals surface area contributed by atoms with Gasteiger partial charge in [-0.25, -0.2) is 0 Å². The molecular weight excluding hydrogens is 236 g/mol. The monoisotopic (exact) mass is 256 g/mol. The van der Waals surface area contributed by atoms with E-state index in [1.807, 2.05) is 6.07 Å². The Morgan fingerprint density at radius 3 is 2.63 bits per heavy atom. The molecule has 100 valence electrons. The zero-order valence-electron chi connectivity index (χ0n) is 11.6. The average Bonchev–Trinajstić information content (AvgIpc) is 2.43. The quantitative estimate of drug-likeness (QED) is 0.746. The van der Waals surface area contributed by atoms with Gasteiger partial charge < -0.3 is 4.74 Å². The van der Waals surface area contributed by atoms with E-state index >= 15 is 0 Å². The van der Waals surface area contributed by atoms with Gasteiger partial charge in [0.1, 0.15) is 0 Å². The van der Waals surface area contributed by atoms with Crippen LogP contribution in [-0.4, -0.2) is 12.6 Å². The lowest BCUT2D eigenvalue weighted by Crippen LogP contribution is -2.11. The summed E-state index contributed by atoms with van der Waals surface area (Å²) in [5.41, 5.74) is 1.28. The molecule has 0 N–H and O–H groups in total. The fraction of sp³-hybridized carbons (Fsp3) is 0.353. The molecule has 0 fully saturated rings. The molecule has 2 nitrogen and oxygen atoms in total. The molecule has 0 amide bonds. The van der Waals surface area contributed by atoms with E-state index in [2.05, 4.69) is 43.3 Å². The van der Waals surface area contributed by atoms with Crippen LogP contribution in [0.5, 0.6) is 0 Å². The standard InChI is InChI=1S/C17H20O2/c1-3-7-15(12-19-13(2)18)17-11-6-9-14-8-4-5-10-16(14)17/h4-6,8-11,15H,3,7,12H2,1-2H3. The minimum atomic E-state index is -0.207. The molecule has 0 saturated carbocycles. The predicted octanol–water partition coefficient (Wildman–Crippen LogP) is 4.29. The van der Waals surface area contributed by atoms with Crippen LogP contribution in [0, 0.1) is 0 Å². The van der Waals surface area contributed by atoms with Gasteiger partial charge in [0.2, 0.25) is 0 Å². The Morgan fingerprint density at radius 2 is 1.89 bits per heavy atom. The Balaban J connectivity index is 2.35. The van der Waals surface area contributed by atoms with Gasteiger partial charge in [0, 0.05) is 12.8 Å². The summed E-state index contributed by atoms with van der Waals surface area (Å²) in [6, 6.07) is 14.7. The maximum atomic E-state index is 11.0. The summed E-state index contributed by atoms with van der Waals surface area (Å²) in [5.74, 6) is 0.0707. The molecule has 0 spiro atoms. The van der Waals surface area contributed by atoms with Crippen molar-refractivity contribution < 1.29 is 9.53 Å². The minimum Gasteiger partial charge on any atom is -0.465 e. The molecule has 0 heterocycles. The number of fused-ring (bicyclic) bond motifs is 1. The smallest absolute Gasteiger partial charge is 0.302 e. The van der Waals surface area contributed by atoms with Gasteiger partial charge >= 0.3 is 5.97 Å². The Kier molecular flexibility index (Phi) is 4.56. The normalized spacial score (nSPS) is 12.3. The fourth-order valence-corrected chi connectivity index (χ4v) is 2.50. The molecule has 0 radical (unpaired) electrons. The molecule has 0 aromatic heterocycles. The van der Waals surface area contributed by atoms with Gasteiger partial charge in [-0.15, -0.1) is 0 Å². The molecular formula is C17H20O2. The summed E-state index contributed by atoms with van der Waals surface area (Å²) in [7, 11) is 0. The highest BCUT2D eigenvalue weighted by molar-refractivity contribution is 5.86. The van der Waals surface area contributed by atoms with Gasteiger partial charge in [-0.05, 0) is 22.8 Å². The highest BCUT2D eigenvalue weighted by Gasteiger charge is 2.14. The first-order valence-corrected chi connectivity index (χ1v) is 6.83. The van der Waals surface area contributed by atoms with E-state index < -0.39 is 0 Å². The van der Waals surface area contributed by atoms with E-state index in [1.165, 1.54) is 23.3 Å². The maximum absolute atomic E-state index is 11.0. The molecule has 0 saturated heterocycles. The van der Waals surface area contributed by atoms with Crippen LogP contribution in [0.15, 0.2) is 42.5 Å². The SMILES string of the molecule is CCCC(COC(C)=O)c1cccc2ccccc12. The predicted molar refractivity (Wildman–Crippen MR) is 78.2 cm³/mol. The Hall–Kier alpha value is -1.83. The van der Waals surface area contributed by atoms with E-state index in [0.29, 0.717) is 6.61 Å². The van der Waals surface area contributed by atoms with Crippen molar-refractivity contribution in [1.82, 2.24) is 0 Å². The number of hydrogen-bond donors (Lipinski definition) is 0. The Morgan fingerprint density at radius 1 is 1.16 bits per heavy atom. The summed E-state index contributed by atoms with van der Waals surface area (Å²) in [5, 5.41) is 2.50. The van der Waals surface area contributed by atoms with Crippen molar-refractivity contribution in [2.24, 2.45) is 0 Å². The molecule has 0 aliphatic heterocycles. The summed E-state index contributed by atoms with van der Waals surface area (Å²) in [6.45, 7) is 4.09. The van der Waals surface area contributed by atoms with Gasteiger partial charge in [-0.2, -0.15) is 0 Å². The highest BCUT2D eigenvalue weighted by atomic mass is 16.5. The zero-order valence-corrected chi connectivity index (χ0v) is 11.6. The van der Waals surface area contributed by atoms with Gasteiger partial charge in [-0.3, -0.25) is 4.79 Å². The van der Waals surface area contributed by atoms with E-state index in [4.69, 9.17) is 4.74 Å². The van der Waals surface area contributed by atoms with E-state index in [9.17, 15) is 4.79 Å². The second kappa shape index (κ2) is 6.37. The van der Waals surface area contributed by atoms with Crippen LogP contribution >= 0.6 is 0 Å². The lowest BCUT2D eigenvalue weighted by atomic mass is 9.91. The van der Waals surface area contributed by atoms with Crippen LogP contribution in [0.4, 0.5) is 0 Å². The van der Waals surface area contributed by atoms with E-state index in [0.717, 1.165) is 12.8 Å². The van der Waals surface area contributed by atoms with E-state index in [1.54, 1.807) is 0 Å². The molecule has 2 heteroatoms. The molecule has 0 aliphatic rings. The molecule has 1 unspecified atom stereocenters.